The first kappa shape index (κ1) is 12.3. The third kappa shape index (κ3) is 2.98. The summed E-state index contributed by atoms with van der Waals surface area (Å²) in [7, 11) is 0. The summed E-state index contributed by atoms with van der Waals surface area (Å²) in [5.41, 5.74) is 1.96. The number of hydrogen-bond acceptors (Lipinski definition) is 5. The highest BCUT2D eigenvalue weighted by molar-refractivity contribution is 5.53. The number of nitrogens with one attached hydrogen (secondary N) is 1. The van der Waals surface area contributed by atoms with Crippen LogP contribution in [0.25, 0.3) is 11.5 Å². The van der Waals surface area contributed by atoms with E-state index in [4.69, 9.17) is 4.52 Å². The minimum absolute atomic E-state index is 0.584. The maximum atomic E-state index is 5.26. The van der Waals surface area contributed by atoms with Crippen molar-refractivity contribution in [1.29, 1.82) is 0 Å². The molecule has 0 saturated heterocycles. The van der Waals surface area contributed by atoms with E-state index in [0.29, 0.717) is 18.3 Å². The standard InChI is InChI=1S/C14H18N4O/c1-2-11-4-3-7-16-13(11)14-17-12(19-18-14)9-15-8-10-5-6-10/h3-4,7,10,15H,2,5-6,8-9H2,1H3. The van der Waals surface area contributed by atoms with Crippen LogP contribution in [0.1, 0.15) is 31.2 Å². The lowest BCUT2D eigenvalue weighted by Gasteiger charge is -2.00. The van der Waals surface area contributed by atoms with E-state index < -0.39 is 0 Å². The van der Waals surface area contributed by atoms with E-state index in [1.165, 1.54) is 12.8 Å². The van der Waals surface area contributed by atoms with Crippen molar-refractivity contribution in [1.82, 2.24) is 20.4 Å². The topological polar surface area (TPSA) is 63.8 Å². The van der Waals surface area contributed by atoms with Crippen LogP contribution < -0.4 is 5.32 Å². The molecule has 1 fully saturated rings. The van der Waals surface area contributed by atoms with E-state index in [1.54, 1.807) is 6.20 Å². The molecule has 0 bridgehead atoms. The predicted molar refractivity (Wildman–Crippen MR) is 71.3 cm³/mol. The first-order valence-corrected chi connectivity index (χ1v) is 6.84. The lowest BCUT2D eigenvalue weighted by atomic mass is 10.1. The van der Waals surface area contributed by atoms with Crippen LogP contribution in [-0.2, 0) is 13.0 Å². The molecule has 1 saturated carbocycles. The second-order valence-electron chi connectivity index (χ2n) is 4.95. The number of nitrogens with zero attached hydrogens (tertiary/aromatic N) is 3. The Labute approximate surface area is 112 Å². The molecule has 0 atom stereocenters. The van der Waals surface area contributed by atoms with E-state index >= 15 is 0 Å². The van der Waals surface area contributed by atoms with Crippen molar-refractivity contribution in [2.75, 3.05) is 6.54 Å². The van der Waals surface area contributed by atoms with Gasteiger partial charge in [0.1, 0.15) is 5.69 Å². The minimum Gasteiger partial charge on any atom is -0.337 e. The molecule has 5 nitrogen and oxygen atoms in total. The van der Waals surface area contributed by atoms with Crippen molar-refractivity contribution < 1.29 is 4.52 Å². The van der Waals surface area contributed by atoms with Crippen molar-refractivity contribution in [3.63, 3.8) is 0 Å². The zero-order chi connectivity index (χ0) is 13.1. The van der Waals surface area contributed by atoms with Gasteiger partial charge >= 0.3 is 0 Å². The molecule has 2 heterocycles. The van der Waals surface area contributed by atoms with Crippen LogP contribution >= 0.6 is 0 Å². The molecule has 1 aliphatic rings. The van der Waals surface area contributed by atoms with Gasteiger partial charge in [-0.15, -0.1) is 0 Å². The van der Waals surface area contributed by atoms with Crippen LogP contribution in [-0.4, -0.2) is 21.7 Å². The molecular formula is C14H18N4O. The summed E-state index contributed by atoms with van der Waals surface area (Å²) in [6.07, 6.45) is 5.36. The summed E-state index contributed by atoms with van der Waals surface area (Å²) >= 11 is 0. The van der Waals surface area contributed by atoms with E-state index in [9.17, 15) is 0 Å². The Morgan fingerprint density at radius 3 is 3.11 bits per heavy atom. The largest absolute Gasteiger partial charge is 0.337 e. The molecule has 100 valence electrons. The summed E-state index contributed by atoms with van der Waals surface area (Å²) in [6, 6.07) is 3.98. The zero-order valence-electron chi connectivity index (χ0n) is 11.1. The normalized spacial score (nSPS) is 14.8. The molecule has 0 amide bonds. The highest BCUT2D eigenvalue weighted by Gasteiger charge is 2.20. The van der Waals surface area contributed by atoms with Crippen LogP contribution in [0.5, 0.6) is 0 Å². The van der Waals surface area contributed by atoms with Gasteiger partial charge in [-0.3, -0.25) is 4.98 Å². The third-order valence-corrected chi connectivity index (χ3v) is 3.36. The first-order valence-electron chi connectivity index (χ1n) is 6.84. The summed E-state index contributed by atoms with van der Waals surface area (Å²) in [4.78, 5) is 8.75. The van der Waals surface area contributed by atoms with Gasteiger partial charge < -0.3 is 9.84 Å². The fourth-order valence-electron chi connectivity index (χ4n) is 2.05. The average Bonchev–Trinajstić information content (AvgIpc) is 3.15. The quantitative estimate of drug-likeness (QED) is 0.860. The molecule has 5 heteroatoms. The Kier molecular flexibility index (Phi) is 3.55. The number of aromatic nitrogens is 3. The molecule has 0 radical (unpaired) electrons. The fourth-order valence-corrected chi connectivity index (χ4v) is 2.05. The van der Waals surface area contributed by atoms with Gasteiger partial charge in [-0.2, -0.15) is 4.98 Å². The SMILES string of the molecule is CCc1cccnc1-c1noc(CNCC2CC2)n1. The van der Waals surface area contributed by atoms with Gasteiger partial charge in [0.25, 0.3) is 0 Å². The van der Waals surface area contributed by atoms with Crippen molar-refractivity contribution in [3.8, 4) is 11.5 Å². The molecule has 0 unspecified atom stereocenters. The average molecular weight is 258 g/mol. The van der Waals surface area contributed by atoms with Gasteiger partial charge in [-0.25, -0.2) is 0 Å². The molecule has 1 N–H and O–H groups in total. The predicted octanol–water partition coefficient (Wildman–Crippen LogP) is 2.19. The lowest BCUT2D eigenvalue weighted by Crippen LogP contribution is -2.16. The van der Waals surface area contributed by atoms with Crippen LogP contribution in [0.4, 0.5) is 0 Å². The van der Waals surface area contributed by atoms with E-state index in [-0.39, 0.29) is 0 Å². The Hall–Kier alpha value is -1.75. The van der Waals surface area contributed by atoms with Gasteiger partial charge in [0.05, 0.1) is 6.54 Å². The summed E-state index contributed by atoms with van der Waals surface area (Å²) in [5, 5.41) is 7.36. The Morgan fingerprint density at radius 1 is 1.42 bits per heavy atom. The molecular weight excluding hydrogens is 240 g/mol. The van der Waals surface area contributed by atoms with Crippen LogP contribution in [0, 0.1) is 5.92 Å². The molecule has 0 aliphatic heterocycles. The smallest absolute Gasteiger partial charge is 0.240 e. The zero-order valence-corrected chi connectivity index (χ0v) is 11.1. The minimum atomic E-state index is 0.584. The fraction of sp³-hybridized carbons (Fsp3) is 0.500. The summed E-state index contributed by atoms with van der Waals surface area (Å²) in [5.74, 6) is 2.06. The maximum Gasteiger partial charge on any atom is 0.240 e. The van der Waals surface area contributed by atoms with Crippen LogP contribution in [0.15, 0.2) is 22.9 Å². The Balaban J connectivity index is 1.68. The van der Waals surface area contributed by atoms with Gasteiger partial charge in [0.2, 0.25) is 11.7 Å². The third-order valence-electron chi connectivity index (χ3n) is 3.36. The van der Waals surface area contributed by atoms with Crippen molar-refractivity contribution in [2.24, 2.45) is 5.92 Å². The second-order valence-corrected chi connectivity index (χ2v) is 4.95. The molecule has 19 heavy (non-hydrogen) atoms. The Bertz CT molecular complexity index is 548. The van der Waals surface area contributed by atoms with E-state index in [1.807, 2.05) is 12.1 Å². The first-order chi connectivity index (χ1) is 9.36. The molecule has 2 aromatic heterocycles. The van der Waals surface area contributed by atoms with Crippen molar-refractivity contribution >= 4 is 0 Å². The van der Waals surface area contributed by atoms with Crippen molar-refractivity contribution in [3.05, 3.63) is 29.8 Å². The van der Waals surface area contributed by atoms with Gasteiger partial charge in [0.15, 0.2) is 0 Å². The second kappa shape index (κ2) is 5.48. The van der Waals surface area contributed by atoms with Crippen LogP contribution in [0.3, 0.4) is 0 Å². The highest BCUT2D eigenvalue weighted by Crippen LogP contribution is 2.27. The molecule has 3 rings (SSSR count). The highest BCUT2D eigenvalue weighted by atomic mass is 16.5. The molecule has 1 aliphatic carbocycles. The van der Waals surface area contributed by atoms with Gasteiger partial charge in [0, 0.05) is 6.20 Å². The number of rotatable bonds is 6. The monoisotopic (exact) mass is 258 g/mol. The van der Waals surface area contributed by atoms with E-state index in [2.05, 4.69) is 27.4 Å². The van der Waals surface area contributed by atoms with Gasteiger partial charge in [-0.1, -0.05) is 18.1 Å². The summed E-state index contributed by atoms with van der Waals surface area (Å²) in [6.45, 7) is 3.78. The number of pyridine rings is 1. The number of aryl methyl sites for hydroxylation is 1. The lowest BCUT2D eigenvalue weighted by molar-refractivity contribution is 0.367. The summed E-state index contributed by atoms with van der Waals surface area (Å²) < 4.78 is 5.26. The van der Waals surface area contributed by atoms with Crippen molar-refractivity contribution in [2.45, 2.75) is 32.7 Å². The van der Waals surface area contributed by atoms with Gasteiger partial charge in [-0.05, 0) is 43.4 Å². The van der Waals surface area contributed by atoms with Crippen LogP contribution in [0.2, 0.25) is 0 Å². The van der Waals surface area contributed by atoms with E-state index in [0.717, 1.165) is 30.1 Å². The molecule has 0 aromatic carbocycles. The Morgan fingerprint density at radius 2 is 2.32 bits per heavy atom. The number of hydrogen-bond donors (Lipinski definition) is 1. The molecule has 2 aromatic rings. The molecule has 0 spiro atoms. The maximum absolute atomic E-state index is 5.26.